The smallest absolute Gasteiger partial charge is 0.405 e. The first kappa shape index (κ1) is 9.90. The molecule has 1 rings (SSSR count). The Hall–Kier alpha value is -2.18. The van der Waals surface area contributed by atoms with Crippen molar-refractivity contribution in [1.29, 1.82) is 0 Å². The Morgan fingerprint density at radius 3 is 2.50 bits per heavy atom. The third kappa shape index (κ3) is 2.16. The maximum atomic E-state index is 10.2. The van der Waals surface area contributed by atoms with Gasteiger partial charge in [-0.25, -0.2) is 0 Å². The SMILES string of the molecule is C=C(Cc1ccc([N+](=O)[O-])o1)[N+](=O)[O-]. The molecule has 0 fully saturated rings. The summed E-state index contributed by atoms with van der Waals surface area (Å²) in [5, 5.41) is 20.4. The molecule has 0 unspecified atom stereocenters. The van der Waals surface area contributed by atoms with Crippen LogP contribution in [0.15, 0.2) is 28.8 Å². The second kappa shape index (κ2) is 3.69. The first-order valence-corrected chi connectivity index (χ1v) is 3.56. The van der Waals surface area contributed by atoms with Crippen LogP contribution in [0, 0.1) is 20.2 Å². The Labute approximate surface area is 77.9 Å². The molecular formula is C7H6N2O5. The van der Waals surface area contributed by atoms with E-state index < -0.39 is 15.7 Å². The van der Waals surface area contributed by atoms with Gasteiger partial charge in [0.15, 0.2) is 0 Å². The van der Waals surface area contributed by atoms with E-state index in [1.807, 2.05) is 0 Å². The van der Waals surface area contributed by atoms with Gasteiger partial charge in [-0.15, -0.1) is 0 Å². The lowest BCUT2D eigenvalue weighted by Crippen LogP contribution is -1.99. The van der Waals surface area contributed by atoms with Crippen LogP contribution in [0.1, 0.15) is 5.76 Å². The molecule has 0 aliphatic rings. The Bertz CT molecular complexity index is 395. The molecule has 14 heavy (non-hydrogen) atoms. The highest BCUT2D eigenvalue weighted by Gasteiger charge is 2.15. The zero-order valence-corrected chi connectivity index (χ0v) is 7.00. The van der Waals surface area contributed by atoms with Crippen LogP contribution in [-0.2, 0) is 6.42 Å². The molecule has 74 valence electrons. The average Bonchev–Trinajstić information content (AvgIpc) is 2.52. The molecule has 0 bridgehead atoms. The van der Waals surface area contributed by atoms with Gasteiger partial charge in [-0.2, -0.15) is 0 Å². The quantitative estimate of drug-likeness (QED) is 0.539. The first-order chi connectivity index (χ1) is 6.50. The molecule has 0 aliphatic carbocycles. The monoisotopic (exact) mass is 198 g/mol. The van der Waals surface area contributed by atoms with Gasteiger partial charge in [-0.1, -0.05) is 0 Å². The van der Waals surface area contributed by atoms with Gasteiger partial charge in [0.1, 0.15) is 10.7 Å². The number of rotatable bonds is 4. The Morgan fingerprint density at radius 1 is 1.43 bits per heavy atom. The van der Waals surface area contributed by atoms with E-state index >= 15 is 0 Å². The van der Waals surface area contributed by atoms with Gasteiger partial charge >= 0.3 is 5.88 Å². The fourth-order valence-corrected chi connectivity index (χ4v) is 0.825. The van der Waals surface area contributed by atoms with Crippen LogP contribution in [0.5, 0.6) is 0 Å². The third-order valence-corrected chi connectivity index (χ3v) is 1.46. The molecule has 7 nitrogen and oxygen atoms in total. The van der Waals surface area contributed by atoms with E-state index in [2.05, 4.69) is 6.58 Å². The molecule has 0 atom stereocenters. The number of nitrogens with zero attached hydrogens (tertiary/aromatic N) is 2. The minimum atomic E-state index is -0.710. The molecule has 0 spiro atoms. The molecule has 0 radical (unpaired) electrons. The summed E-state index contributed by atoms with van der Waals surface area (Å²) in [6.45, 7) is 3.17. The summed E-state index contributed by atoms with van der Waals surface area (Å²) in [6.07, 6.45) is -0.138. The van der Waals surface area contributed by atoms with Crippen molar-refractivity contribution in [2.24, 2.45) is 0 Å². The van der Waals surface area contributed by atoms with Crippen molar-refractivity contribution < 1.29 is 14.3 Å². The van der Waals surface area contributed by atoms with Gasteiger partial charge in [0.25, 0.3) is 0 Å². The Morgan fingerprint density at radius 2 is 2.07 bits per heavy atom. The van der Waals surface area contributed by atoms with Crippen molar-refractivity contribution in [3.8, 4) is 0 Å². The van der Waals surface area contributed by atoms with Crippen LogP contribution in [-0.4, -0.2) is 9.85 Å². The van der Waals surface area contributed by atoms with E-state index in [4.69, 9.17) is 4.42 Å². The molecule has 0 amide bonds. The lowest BCUT2D eigenvalue weighted by Gasteiger charge is -1.91. The van der Waals surface area contributed by atoms with E-state index in [1.54, 1.807) is 0 Å². The summed E-state index contributed by atoms with van der Waals surface area (Å²) < 4.78 is 4.70. The fraction of sp³-hybridized carbons (Fsp3) is 0.143. The minimum Gasteiger partial charge on any atom is -0.405 e. The number of furan rings is 1. The summed E-state index contributed by atoms with van der Waals surface area (Å²) in [7, 11) is 0. The van der Waals surface area contributed by atoms with Crippen molar-refractivity contribution in [2.75, 3.05) is 0 Å². The summed E-state index contributed by atoms with van der Waals surface area (Å²) >= 11 is 0. The lowest BCUT2D eigenvalue weighted by atomic mass is 10.3. The van der Waals surface area contributed by atoms with Crippen molar-refractivity contribution in [2.45, 2.75) is 6.42 Å². The second-order valence-corrected chi connectivity index (χ2v) is 2.50. The van der Waals surface area contributed by atoms with E-state index in [-0.39, 0.29) is 17.9 Å². The largest absolute Gasteiger partial charge is 0.433 e. The van der Waals surface area contributed by atoms with Gasteiger partial charge < -0.3 is 4.42 Å². The highest BCUT2D eigenvalue weighted by atomic mass is 16.6. The van der Waals surface area contributed by atoms with Crippen molar-refractivity contribution >= 4 is 5.88 Å². The standard InChI is InChI=1S/C7H6N2O5/c1-5(8(10)11)4-6-2-3-7(14-6)9(12)13/h2-3H,1,4H2. The van der Waals surface area contributed by atoms with Crippen LogP contribution >= 0.6 is 0 Å². The fourth-order valence-electron chi connectivity index (χ4n) is 0.825. The molecule has 7 heteroatoms. The molecular weight excluding hydrogens is 192 g/mol. The summed E-state index contributed by atoms with van der Waals surface area (Å²) in [5.74, 6) is -0.283. The topological polar surface area (TPSA) is 99.4 Å². The minimum absolute atomic E-state index is 0.138. The van der Waals surface area contributed by atoms with Gasteiger partial charge in [0.05, 0.1) is 17.4 Å². The highest BCUT2D eigenvalue weighted by molar-refractivity contribution is 5.19. The van der Waals surface area contributed by atoms with Crippen LogP contribution in [0.3, 0.4) is 0 Å². The Kier molecular flexibility index (Phi) is 2.61. The first-order valence-electron chi connectivity index (χ1n) is 3.56. The summed E-state index contributed by atoms with van der Waals surface area (Å²) in [6, 6.07) is 2.45. The third-order valence-electron chi connectivity index (χ3n) is 1.46. The normalized spacial score (nSPS) is 9.71. The van der Waals surface area contributed by atoms with E-state index in [0.29, 0.717) is 0 Å². The predicted molar refractivity (Wildman–Crippen MR) is 45.2 cm³/mol. The van der Waals surface area contributed by atoms with E-state index in [1.165, 1.54) is 6.07 Å². The molecule has 1 aromatic rings. The summed E-state index contributed by atoms with van der Waals surface area (Å²) in [4.78, 5) is 19.0. The number of allylic oxidation sites excluding steroid dienone is 1. The van der Waals surface area contributed by atoms with E-state index in [9.17, 15) is 20.2 Å². The van der Waals surface area contributed by atoms with E-state index in [0.717, 1.165) is 6.07 Å². The number of hydrogen-bond donors (Lipinski definition) is 0. The number of hydrogen-bond acceptors (Lipinski definition) is 5. The molecule has 0 aliphatic heterocycles. The van der Waals surface area contributed by atoms with Gasteiger partial charge in [0.2, 0.25) is 5.70 Å². The molecule has 0 aromatic carbocycles. The van der Waals surface area contributed by atoms with Crippen LogP contribution in [0.25, 0.3) is 0 Å². The van der Waals surface area contributed by atoms with Crippen LogP contribution < -0.4 is 0 Å². The van der Waals surface area contributed by atoms with Gasteiger partial charge in [-0.3, -0.25) is 20.2 Å². The molecule has 0 N–H and O–H groups in total. The van der Waals surface area contributed by atoms with Crippen LogP contribution in [0.2, 0.25) is 0 Å². The van der Waals surface area contributed by atoms with Crippen molar-refractivity contribution in [3.05, 3.63) is 50.4 Å². The van der Waals surface area contributed by atoms with Gasteiger partial charge in [0, 0.05) is 0 Å². The Balaban J connectivity index is 2.74. The zero-order chi connectivity index (χ0) is 10.7. The van der Waals surface area contributed by atoms with Crippen molar-refractivity contribution in [3.63, 3.8) is 0 Å². The van der Waals surface area contributed by atoms with Crippen molar-refractivity contribution in [1.82, 2.24) is 0 Å². The lowest BCUT2D eigenvalue weighted by molar-refractivity contribution is -0.426. The number of nitro groups is 2. The zero-order valence-electron chi connectivity index (χ0n) is 7.00. The molecule has 0 saturated heterocycles. The predicted octanol–water partition coefficient (Wildman–Crippen LogP) is 1.52. The van der Waals surface area contributed by atoms with Crippen LogP contribution in [0.4, 0.5) is 5.88 Å². The maximum absolute atomic E-state index is 10.2. The average molecular weight is 198 g/mol. The molecule has 1 heterocycles. The highest BCUT2D eigenvalue weighted by Crippen LogP contribution is 2.17. The maximum Gasteiger partial charge on any atom is 0.433 e. The second-order valence-electron chi connectivity index (χ2n) is 2.50. The molecule has 0 saturated carbocycles. The summed E-state index contributed by atoms with van der Waals surface area (Å²) in [5.41, 5.74) is -0.269. The van der Waals surface area contributed by atoms with Gasteiger partial charge in [-0.05, 0) is 12.6 Å². The molecule has 1 aromatic heterocycles.